The molecule has 26 heavy (non-hydrogen) atoms. The van der Waals surface area contributed by atoms with E-state index in [1.54, 1.807) is 42.3 Å². The van der Waals surface area contributed by atoms with E-state index in [0.717, 1.165) is 25.9 Å². The largest absolute Gasteiger partial charge is 0.494 e. The van der Waals surface area contributed by atoms with Crippen LogP contribution in [-0.4, -0.2) is 40.8 Å². The summed E-state index contributed by atoms with van der Waals surface area (Å²) in [5.41, 5.74) is 0.539. The van der Waals surface area contributed by atoms with Crippen molar-refractivity contribution in [1.29, 1.82) is 0 Å². The Kier molecular flexibility index (Phi) is 4.16. The van der Waals surface area contributed by atoms with Gasteiger partial charge < -0.3 is 9.64 Å². The molecule has 1 amide bonds. The van der Waals surface area contributed by atoms with E-state index in [0.29, 0.717) is 27.9 Å². The molecule has 6 heteroatoms. The Morgan fingerprint density at radius 1 is 1.00 bits per heavy atom. The first-order chi connectivity index (χ1) is 12.7. The SMILES string of the molecule is COc1ccccc1-n1nc(C(=O)N2CCCC2)c2ccccc2c1=O. The van der Waals surface area contributed by atoms with E-state index < -0.39 is 0 Å². The van der Waals surface area contributed by atoms with Crippen LogP contribution in [0.3, 0.4) is 0 Å². The number of likely N-dealkylation sites (tertiary alicyclic amines) is 1. The Balaban J connectivity index is 1.99. The number of hydrogen-bond acceptors (Lipinski definition) is 4. The van der Waals surface area contributed by atoms with Crippen molar-refractivity contribution in [2.24, 2.45) is 0 Å². The number of rotatable bonds is 3. The quantitative estimate of drug-likeness (QED) is 0.729. The first kappa shape index (κ1) is 16.3. The topological polar surface area (TPSA) is 64.4 Å². The minimum atomic E-state index is -0.275. The average Bonchev–Trinajstić information content (AvgIpc) is 3.23. The summed E-state index contributed by atoms with van der Waals surface area (Å²) in [4.78, 5) is 27.8. The Bertz CT molecular complexity index is 1040. The van der Waals surface area contributed by atoms with Crippen LogP contribution in [0.1, 0.15) is 23.3 Å². The lowest BCUT2D eigenvalue weighted by Crippen LogP contribution is -2.32. The molecule has 0 unspecified atom stereocenters. The smallest absolute Gasteiger partial charge is 0.279 e. The van der Waals surface area contributed by atoms with Crippen molar-refractivity contribution in [3.8, 4) is 11.4 Å². The van der Waals surface area contributed by atoms with Gasteiger partial charge in [0.2, 0.25) is 0 Å². The first-order valence-electron chi connectivity index (χ1n) is 8.65. The maximum Gasteiger partial charge on any atom is 0.279 e. The molecule has 132 valence electrons. The summed E-state index contributed by atoms with van der Waals surface area (Å²) < 4.78 is 6.64. The van der Waals surface area contributed by atoms with Gasteiger partial charge in [-0.1, -0.05) is 30.3 Å². The molecule has 6 nitrogen and oxygen atoms in total. The van der Waals surface area contributed by atoms with Gasteiger partial charge >= 0.3 is 0 Å². The molecule has 1 aliphatic heterocycles. The van der Waals surface area contributed by atoms with Gasteiger partial charge in [0.25, 0.3) is 11.5 Å². The zero-order chi connectivity index (χ0) is 18.1. The summed E-state index contributed by atoms with van der Waals surface area (Å²) in [6.45, 7) is 1.45. The number of aromatic nitrogens is 2. The van der Waals surface area contributed by atoms with Crippen LogP contribution >= 0.6 is 0 Å². The van der Waals surface area contributed by atoms with E-state index in [9.17, 15) is 9.59 Å². The minimum absolute atomic E-state index is 0.137. The first-order valence-corrected chi connectivity index (χ1v) is 8.65. The van der Waals surface area contributed by atoms with Crippen LogP contribution in [0.25, 0.3) is 16.5 Å². The summed E-state index contributed by atoms with van der Waals surface area (Å²) in [5, 5.41) is 5.51. The number of hydrogen-bond donors (Lipinski definition) is 0. The predicted octanol–water partition coefficient (Wildman–Crippen LogP) is 2.63. The lowest BCUT2D eigenvalue weighted by atomic mass is 10.1. The fraction of sp³-hybridized carbons (Fsp3) is 0.250. The lowest BCUT2D eigenvalue weighted by Gasteiger charge is -2.17. The minimum Gasteiger partial charge on any atom is -0.494 e. The zero-order valence-corrected chi connectivity index (χ0v) is 14.5. The van der Waals surface area contributed by atoms with E-state index in [4.69, 9.17) is 4.74 Å². The van der Waals surface area contributed by atoms with E-state index in [-0.39, 0.29) is 11.5 Å². The Labute approximate surface area is 150 Å². The van der Waals surface area contributed by atoms with Gasteiger partial charge in [-0.25, -0.2) is 0 Å². The van der Waals surface area contributed by atoms with E-state index in [1.165, 1.54) is 4.68 Å². The molecule has 3 aromatic rings. The van der Waals surface area contributed by atoms with Crippen molar-refractivity contribution in [2.75, 3.05) is 20.2 Å². The molecule has 0 aliphatic carbocycles. The summed E-state index contributed by atoms with van der Waals surface area (Å²) in [6.07, 6.45) is 1.99. The summed E-state index contributed by atoms with van der Waals surface area (Å²) in [5.74, 6) is 0.388. The van der Waals surface area contributed by atoms with E-state index in [1.807, 2.05) is 18.2 Å². The standard InChI is InChI=1S/C20H19N3O3/c1-26-17-11-5-4-10-16(17)23-19(24)15-9-3-2-8-14(15)18(21-23)20(25)22-12-6-7-13-22/h2-5,8-11H,6-7,12-13H2,1H3. The normalized spacial score (nSPS) is 14.0. The molecule has 1 fully saturated rings. The van der Waals surface area contributed by atoms with E-state index in [2.05, 4.69) is 5.10 Å². The fourth-order valence-corrected chi connectivity index (χ4v) is 3.39. The van der Waals surface area contributed by atoms with Crippen LogP contribution in [0.2, 0.25) is 0 Å². The van der Waals surface area contributed by atoms with Crippen molar-refractivity contribution in [3.63, 3.8) is 0 Å². The van der Waals surface area contributed by atoms with Gasteiger partial charge in [0.05, 0.1) is 12.5 Å². The number of para-hydroxylation sites is 2. The number of nitrogens with zero attached hydrogens (tertiary/aromatic N) is 3. The van der Waals surface area contributed by atoms with Gasteiger partial charge in [-0.3, -0.25) is 9.59 Å². The Morgan fingerprint density at radius 3 is 2.38 bits per heavy atom. The molecule has 2 heterocycles. The number of benzene rings is 2. The molecule has 0 radical (unpaired) electrons. The second-order valence-electron chi connectivity index (χ2n) is 6.28. The number of ether oxygens (including phenoxy) is 1. The van der Waals surface area contributed by atoms with Crippen LogP contribution in [0.4, 0.5) is 0 Å². The third-order valence-corrected chi connectivity index (χ3v) is 4.71. The molecule has 4 rings (SSSR count). The molecule has 0 N–H and O–H groups in total. The van der Waals surface area contributed by atoms with Crippen LogP contribution in [0.15, 0.2) is 53.3 Å². The van der Waals surface area contributed by atoms with Crippen LogP contribution < -0.4 is 10.3 Å². The van der Waals surface area contributed by atoms with Crippen LogP contribution in [0.5, 0.6) is 5.75 Å². The monoisotopic (exact) mass is 349 g/mol. The number of methoxy groups -OCH3 is 1. The molecule has 1 aliphatic rings. The highest BCUT2D eigenvalue weighted by Gasteiger charge is 2.25. The van der Waals surface area contributed by atoms with Gasteiger partial charge in [0.15, 0.2) is 5.69 Å². The third kappa shape index (κ3) is 2.63. The summed E-state index contributed by atoms with van der Waals surface area (Å²) >= 11 is 0. The summed E-state index contributed by atoms with van der Waals surface area (Å²) in [6, 6.07) is 14.3. The Hall–Kier alpha value is -3.15. The lowest BCUT2D eigenvalue weighted by molar-refractivity contribution is 0.0787. The second-order valence-corrected chi connectivity index (χ2v) is 6.28. The second kappa shape index (κ2) is 6.63. The number of fused-ring (bicyclic) bond motifs is 1. The number of carbonyl (C=O) groups is 1. The molecular formula is C20H19N3O3. The average molecular weight is 349 g/mol. The van der Waals surface area contributed by atoms with Crippen molar-refractivity contribution >= 4 is 16.7 Å². The highest BCUT2D eigenvalue weighted by molar-refractivity contribution is 6.05. The highest BCUT2D eigenvalue weighted by atomic mass is 16.5. The molecule has 2 aromatic carbocycles. The zero-order valence-electron chi connectivity index (χ0n) is 14.5. The van der Waals surface area contributed by atoms with Gasteiger partial charge in [-0.15, -0.1) is 0 Å². The highest BCUT2D eigenvalue weighted by Crippen LogP contribution is 2.23. The molecule has 0 bridgehead atoms. The molecular weight excluding hydrogens is 330 g/mol. The molecule has 0 spiro atoms. The van der Waals surface area contributed by atoms with Crippen LogP contribution in [-0.2, 0) is 0 Å². The number of carbonyl (C=O) groups excluding carboxylic acids is 1. The Morgan fingerprint density at radius 2 is 1.65 bits per heavy atom. The van der Waals surface area contributed by atoms with Gasteiger partial charge in [0, 0.05) is 18.5 Å². The maximum atomic E-state index is 13.0. The number of amides is 1. The van der Waals surface area contributed by atoms with Crippen molar-refractivity contribution in [1.82, 2.24) is 14.7 Å². The maximum absolute atomic E-state index is 13.0. The van der Waals surface area contributed by atoms with Gasteiger partial charge in [-0.2, -0.15) is 9.78 Å². The summed E-state index contributed by atoms with van der Waals surface area (Å²) in [7, 11) is 1.54. The molecule has 0 saturated carbocycles. The van der Waals surface area contributed by atoms with Crippen molar-refractivity contribution in [3.05, 3.63) is 64.6 Å². The molecule has 1 saturated heterocycles. The van der Waals surface area contributed by atoms with Gasteiger partial charge in [-0.05, 0) is 31.0 Å². The van der Waals surface area contributed by atoms with Crippen LogP contribution in [0, 0.1) is 0 Å². The van der Waals surface area contributed by atoms with E-state index >= 15 is 0 Å². The fourth-order valence-electron chi connectivity index (χ4n) is 3.39. The third-order valence-electron chi connectivity index (χ3n) is 4.71. The van der Waals surface area contributed by atoms with Crippen molar-refractivity contribution < 1.29 is 9.53 Å². The predicted molar refractivity (Wildman–Crippen MR) is 99.0 cm³/mol. The van der Waals surface area contributed by atoms with Crippen molar-refractivity contribution in [2.45, 2.75) is 12.8 Å². The molecule has 0 atom stereocenters. The molecule has 1 aromatic heterocycles. The van der Waals surface area contributed by atoms with Gasteiger partial charge in [0.1, 0.15) is 11.4 Å².